The zero-order valence-corrected chi connectivity index (χ0v) is 26.0. The molecule has 0 bridgehead atoms. The number of carbonyl (C=O) groups is 5. The van der Waals surface area contributed by atoms with Gasteiger partial charge in [-0.15, -0.1) is 0 Å². The van der Waals surface area contributed by atoms with Crippen LogP contribution in [0.5, 0.6) is 11.5 Å². The predicted octanol–water partition coefficient (Wildman–Crippen LogP) is 3.14. The van der Waals surface area contributed by atoms with Gasteiger partial charge in [0, 0.05) is 53.0 Å². The largest absolute Gasteiger partial charge is 0.463 e. The Morgan fingerprint density at radius 3 is 2.00 bits per heavy atom. The number of anilines is 1. The number of Topliss-reactive ketones (excluding diaryl/α,β-unsaturated/α-hetero) is 1. The molecule has 0 spiro atoms. The first-order chi connectivity index (χ1) is 21.2. The van der Waals surface area contributed by atoms with E-state index in [2.05, 4.69) is 0 Å². The molecule has 13 nitrogen and oxygen atoms in total. The van der Waals surface area contributed by atoms with Crippen LogP contribution in [0, 0.1) is 6.92 Å². The maximum absolute atomic E-state index is 13.5. The Hall–Kier alpha value is -4.91. The molecule has 5 unspecified atom stereocenters. The molecule has 0 aromatic heterocycles. The third-order valence-corrected chi connectivity index (χ3v) is 6.95. The lowest BCUT2D eigenvalue weighted by Crippen LogP contribution is -2.63. The second-order valence-electron chi connectivity index (χ2n) is 10.7. The molecule has 13 heteroatoms. The number of esters is 4. The quantitative estimate of drug-likeness (QED) is 0.228. The van der Waals surface area contributed by atoms with E-state index in [1.165, 1.54) is 6.92 Å². The summed E-state index contributed by atoms with van der Waals surface area (Å²) in [5.41, 5.74) is 2.42. The van der Waals surface area contributed by atoms with Crippen molar-refractivity contribution in [3.05, 3.63) is 58.8 Å². The lowest BCUT2D eigenvalue weighted by molar-refractivity contribution is -0.288. The summed E-state index contributed by atoms with van der Waals surface area (Å²) in [5.74, 6) is -2.69. The van der Waals surface area contributed by atoms with Crippen molar-refractivity contribution >= 4 is 41.4 Å². The van der Waals surface area contributed by atoms with E-state index in [0.29, 0.717) is 11.3 Å². The highest BCUT2D eigenvalue weighted by Crippen LogP contribution is 2.40. The number of benzene rings is 2. The zero-order valence-electron chi connectivity index (χ0n) is 26.0. The molecule has 1 saturated heterocycles. The number of rotatable bonds is 9. The maximum atomic E-state index is 13.5. The van der Waals surface area contributed by atoms with Gasteiger partial charge in [-0.1, -0.05) is 12.1 Å². The number of fused-ring (bicyclic) bond motifs is 1. The minimum atomic E-state index is -1.45. The monoisotopic (exact) mass is 625 g/mol. The number of nitrogens with zero attached hydrogens (tertiary/aromatic N) is 1. The fourth-order valence-corrected chi connectivity index (χ4v) is 4.97. The van der Waals surface area contributed by atoms with Gasteiger partial charge in [-0.05, 0) is 42.8 Å². The molecule has 1 fully saturated rings. The van der Waals surface area contributed by atoms with Crippen LogP contribution in [0.2, 0.25) is 0 Å². The molecule has 2 aliphatic heterocycles. The fraction of sp³-hybridized carbons (Fsp3) is 0.406. The predicted molar refractivity (Wildman–Crippen MR) is 157 cm³/mol. The summed E-state index contributed by atoms with van der Waals surface area (Å²) in [6, 6.07) is 10.7. The standard InChI is InChI=1S/C32H35NO12/c1-16-23(12-13-24-27(16)28(38)25(43-24)14-21-8-10-22(11-9-21)33(6)7)44-32-31(42-20(5)37)30(41-19(4)36)29(40-18(3)35)26(45-32)15-39-17(2)34/h8-14,26,29-32H,15H2,1-7H3/b25-14-. The minimum Gasteiger partial charge on any atom is -0.463 e. The summed E-state index contributed by atoms with van der Waals surface area (Å²) in [7, 11) is 3.86. The van der Waals surface area contributed by atoms with E-state index in [1.54, 1.807) is 25.1 Å². The Morgan fingerprint density at radius 1 is 0.822 bits per heavy atom. The number of ether oxygens (including phenoxy) is 7. The number of carbonyl (C=O) groups excluding carboxylic acids is 5. The zero-order chi connectivity index (χ0) is 33.0. The van der Waals surface area contributed by atoms with Crippen LogP contribution >= 0.6 is 0 Å². The van der Waals surface area contributed by atoms with Crippen molar-refractivity contribution < 1.29 is 57.1 Å². The lowest BCUT2D eigenvalue weighted by atomic mass is 9.97. The average Bonchev–Trinajstić information content (AvgIpc) is 3.27. The van der Waals surface area contributed by atoms with Gasteiger partial charge in [0.15, 0.2) is 18.0 Å². The highest BCUT2D eigenvalue weighted by atomic mass is 16.7. The molecular formula is C32H35NO12. The van der Waals surface area contributed by atoms with E-state index in [1.807, 2.05) is 43.3 Å². The highest BCUT2D eigenvalue weighted by molar-refractivity contribution is 6.15. The van der Waals surface area contributed by atoms with Gasteiger partial charge in [-0.25, -0.2) is 0 Å². The molecule has 0 aliphatic carbocycles. The Morgan fingerprint density at radius 2 is 1.42 bits per heavy atom. The summed E-state index contributed by atoms with van der Waals surface area (Å²) in [5, 5.41) is 0. The summed E-state index contributed by atoms with van der Waals surface area (Å²) >= 11 is 0. The summed E-state index contributed by atoms with van der Waals surface area (Å²) in [6.45, 7) is 5.81. The van der Waals surface area contributed by atoms with Crippen molar-refractivity contribution in [3.63, 3.8) is 0 Å². The molecule has 0 radical (unpaired) electrons. The van der Waals surface area contributed by atoms with Crippen molar-refractivity contribution in [2.24, 2.45) is 0 Å². The number of hydrogen-bond acceptors (Lipinski definition) is 13. The average molecular weight is 626 g/mol. The Labute approximate surface area is 259 Å². The van der Waals surface area contributed by atoms with Crippen LogP contribution in [0.25, 0.3) is 6.08 Å². The summed E-state index contributed by atoms with van der Waals surface area (Å²) < 4.78 is 39.5. The Bertz CT molecular complexity index is 1510. The van der Waals surface area contributed by atoms with Crippen LogP contribution in [0.3, 0.4) is 0 Å². The molecule has 0 amide bonds. The molecule has 0 N–H and O–H groups in total. The second kappa shape index (κ2) is 13.8. The van der Waals surface area contributed by atoms with Gasteiger partial charge in [-0.2, -0.15) is 0 Å². The fourth-order valence-electron chi connectivity index (χ4n) is 4.97. The van der Waals surface area contributed by atoms with E-state index in [9.17, 15) is 24.0 Å². The third kappa shape index (κ3) is 7.79. The van der Waals surface area contributed by atoms with Crippen LogP contribution in [0.4, 0.5) is 5.69 Å². The number of ketones is 1. The Balaban J connectivity index is 1.67. The van der Waals surface area contributed by atoms with E-state index in [0.717, 1.165) is 32.0 Å². The molecule has 2 aliphatic rings. The van der Waals surface area contributed by atoms with Gasteiger partial charge in [0.2, 0.25) is 18.2 Å². The van der Waals surface area contributed by atoms with Gasteiger partial charge < -0.3 is 38.1 Å². The topological polar surface area (TPSA) is 153 Å². The molecule has 5 atom stereocenters. The van der Waals surface area contributed by atoms with Crippen molar-refractivity contribution in [1.82, 2.24) is 0 Å². The smallest absolute Gasteiger partial charge is 0.303 e. The molecule has 0 saturated carbocycles. The Kier molecular flexibility index (Phi) is 10.1. The van der Waals surface area contributed by atoms with Gasteiger partial charge in [0.25, 0.3) is 0 Å². The lowest BCUT2D eigenvalue weighted by Gasteiger charge is -2.44. The van der Waals surface area contributed by atoms with E-state index >= 15 is 0 Å². The molecule has 4 rings (SSSR count). The van der Waals surface area contributed by atoms with E-state index in [4.69, 9.17) is 33.2 Å². The SMILES string of the molecule is CC(=O)OCC1OC(Oc2ccc3c(c2C)C(=O)/C(=C/c2ccc(N(C)C)cc2)O3)C(OC(C)=O)C(OC(C)=O)C1OC(C)=O. The molecule has 2 heterocycles. The first-order valence-electron chi connectivity index (χ1n) is 14.1. The van der Waals surface area contributed by atoms with Crippen LogP contribution in [0.15, 0.2) is 42.2 Å². The van der Waals surface area contributed by atoms with Crippen LogP contribution < -0.4 is 14.4 Å². The third-order valence-electron chi connectivity index (χ3n) is 6.95. The molecular weight excluding hydrogens is 590 g/mol. The van der Waals surface area contributed by atoms with Crippen LogP contribution in [-0.2, 0) is 42.9 Å². The molecule has 2 aromatic carbocycles. The van der Waals surface area contributed by atoms with E-state index < -0.39 is 61.2 Å². The normalized spacial score (nSPS) is 23.0. The van der Waals surface area contributed by atoms with Crippen molar-refractivity contribution in [2.45, 2.75) is 65.3 Å². The first kappa shape index (κ1) is 33.0. The maximum Gasteiger partial charge on any atom is 0.303 e. The van der Waals surface area contributed by atoms with Gasteiger partial charge in [0.1, 0.15) is 24.2 Å². The molecule has 2 aromatic rings. The number of hydrogen-bond donors (Lipinski definition) is 0. The van der Waals surface area contributed by atoms with Gasteiger partial charge in [0.05, 0.1) is 5.56 Å². The van der Waals surface area contributed by atoms with Crippen LogP contribution in [-0.4, -0.2) is 81.1 Å². The van der Waals surface area contributed by atoms with Crippen LogP contribution in [0.1, 0.15) is 49.2 Å². The van der Waals surface area contributed by atoms with Crippen molar-refractivity contribution in [3.8, 4) is 11.5 Å². The minimum absolute atomic E-state index is 0.121. The second-order valence-corrected chi connectivity index (χ2v) is 10.7. The van der Waals surface area contributed by atoms with Crippen molar-refractivity contribution in [2.75, 3.05) is 25.6 Å². The first-order valence-corrected chi connectivity index (χ1v) is 14.1. The summed E-state index contributed by atoms with van der Waals surface area (Å²) in [6.07, 6.45) is -5.16. The molecule has 240 valence electrons. The van der Waals surface area contributed by atoms with Gasteiger partial charge in [-0.3, -0.25) is 24.0 Å². The number of allylic oxidation sites excluding steroid dienone is 1. The molecule has 45 heavy (non-hydrogen) atoms. The highest BCUT2D eigenvalue weighted by Gasteiger charge is 2.53. The summed E-state index contributed by atoms with van der Waals surface area (Å²) in [4.78, 5) is 63.3. The van der Waals surface area contributed by atoms with Gasteiger partial charge >= 0.3 is 23.9 Å². The van der Waals surface area contributed by atoms with Crippen molar-refractivity contribution in [1.29, 1.82) is 0 Å². The van der Waals surface area contributed by atoms with E-state index in [-0.39, 0.29) is 22.9 Å².